The van der Waals surface area contributed by atoms with Crippen molar-refractivity contribution in [3.8, 4) is 11.8 Å². The van der Waals surface area contributed by atoms with Gasteiger partial charge in [-0.3, -0.25) is 9.59 Å². The van der Waals surface area contributed by atoms with E-state index in [1.54, 1.807) is 55.5 Å². The molecule has 0 bridgehead atoms. The Morgan fingerprint density at radius 3 is 2.43 bits per heavy atom. The number of hydrogen-bond acceptors (Lipinski definition) is 7. The minimum Gasteiger partial charge on any atom is -0.494 e. The van der Waals surface area contributed by atoms with Crippen molar-refractivity contribution < 1.29 is 18.7 Å². The number of thioether (sulfide) groups is 1. The van der Waals surface area contributed by atoms with Crippen LogP contribution in [0.4, 0.5) is 11.4 Å². The first-order valence-electron chi connectivity index (χ1n) is 11.7. The minimum atomic E-state index is -0.797. The summed E-state index contributed by atoms with van der Waals surface area (Å²) in [4.78, 5) is 30.5. The normalized spacial score (nSPS) is 16.9. The maximum Gasteiger partial charge on any atom is 0.254 e. The first-order valence-corrected chi connectivity index (χ1v) is 12.7. The Morgan fingerprint density at radius 1 is 1.05 bits per heavy atom. The smallest absolute Gasteiger partial charge is 0.254 e. The number of amides is 2. The quantitative estimate of drug-likeness (QED) is 0.404. The van der Waals surface area contributed by atoms with E-state index < -0.39 is 11.8 Å². The minimum absolute atomic E-state index is 0.0495. The molecule has 1 aliphatic rings. The number of anilines is 2. The number of hydrogen-bond donors (Lipinski definition) is 2. The molecule has 0 spiro atoms. The molecule has 0 saturated heterocycles. The second kappa shape index (κ2) is 12.1. The van der Waals surface area contributed by atoms with Crippen molar-refractivity contribution in [2.75, 3.05) is 23.0 Å². The van der Waals surface area contributed by atoms with Gasteiger partial charge in [0.2, 0.25) is 5.91 Å². The van der Waals surface area contributed by atoms with E-state index in [9.17, 15) is 14.9 Å². The molecule has 1 unspecified atom stereocenters. The first kappa shape index (κ1) is 25.8. The van der Waals surface area contributed by atoms with Crippen LogP contribution in [0.3, 0.4) is 0 Å². The summed E-state index contributed by atoms with van der Waals surface area (Å²) in [7, 11) is 0. The van der Waals surface area contributed by atoms with Gasteiger partial charge in [-0.05, 0) is 62.4 Å². The number of nitriles is 1. The van der Waals surface area contributed by atoms with Gasteiger partial charge in [0.05, 0.1) is 41.2 Å². The molecule has 0 fully saturated rings. The van der Waals surface area contributed by atoms with Crippen molar-refractivity contribution in [3.05, 3.63) is 90.0 Å². The van der Waals surface area contributed by atoms with Crippen LogP contribution >= 0.6 is 11.8 Å². The maximum absolute atomic E-state index is 13.3. The fourth-order valence-corrected chi connectivity index (χ4v) is 4.94. The molecule has 3 aromatic rings. The van der Waals surface area contributed by atoms with Crippen molar-refractivity contribution in [2.24, 2.45) is 10.9 Å². The van der Waals surface area contributed by atoms with E-state index in [0.29, 0.717) is 40.1 Å². The molecule has 0 saturated carbocycles. The van der Waals surface area contributed by atoms with Crippen LogP contribution in [-0.2, 0) is 9.59 Å². The maximum atomic E-state index is 13.3. The van der Waals surface area contributed by atoms with E-state index in [1.165, 1.54) is 18.0 Å². The molecule has 2 aromatic carbocycles. The third-order valence-electron chi connectivity index (χ3n) is 5.64. The lowest BCUT2D eigenvalue weighted by molar-refractivity contribution is -0.114. The fraction of sp³-hybridized carbons (Fsp3) is 0.214. The number of ether oxygens (including phenoxy) is 1. The summed E-state index contributed by atoms with van der Waals surface area (Å²) in [6, 6.07) is 21.9. The van der Waals surface area contributed by atoms with Gasteiger partial charge in [-0.1, -0.05) is 30.0 Å². The lowest BCUT2D eigenvalue weighted by Crippen LogP contribution is -2.31. The standard InChI is InChI=1S/C28H26N4O4S/c1-3-35-21-13-11-20(12-14-21)31-24(33)17-37-28-22(16-29)26(23-10-7-15-36-23)25(18(2)30-28)27(34)32-19-8-5-4-6-9-19/h4-15,22,26H,3,17H2,1-2H3,(H,31,33)(H,32,34)/t22?,26-/m1/s1. The number of rotatable bonds is 8. The van der Waals surface area contributed by atoms with Crippen molar-refractivity contribution in [1.82, 2.24) is 0 Å². The van der Waals surface area contributed by atoms with Gasteiger partial charge in [0, 0.05) is 17.1 Å². The van der Waals surface area contributed by atoms with E-state index in [1.807, 2.05) is 25.1 Å². The Kier molecular flexibility index (Phi) is 8.44. The molecule has 1 aromatic heterocycles. The van der Waals surface area contributed by atoms with Gasteiger partial charge >= 0.3 is 0 Å². The van der Waals surface area contributed by atoms with Gasteiger partial charge in [0.1, 0.15) is 17.4 Å². The Bertz CT molecular complexity index is 1340. The van der Waals surface area contributed by atoms with Gasteiger partial charge in [0.25, 0.3) is 5.91 Å². The van der Waals surface area contributed by atoms with Gasteiger partial charge in [0.15, 0.2) is 0 Å². The molecule has 9 heteroatoms. The summed E-state index contributed by atoms with van der Waals surface area (Å²) in [5.74, 6) is -0.803. The van der Waals surface area contributed by atoms with Crippen molar-refractivity contribution in [2.45, 2.75) is 19.8 Å². The lowest BCUT2D eigenvalue weighted by Gasteiger charge is -2.28. The Hall–Kier alpha value is -4.29. The van der Waals surface area contributed by atoms with Crippen LogP contribution in [0, 0.1) is 17.2 Å². The molecule has 188 valence electrons. The highest BCUT2D eigenvalue weighted by molar-refractivity contribution is 8.14. The van der Waals surface area contributed by atoms with E-state index in [4.69, 9.17) is 9.15 Å². The Morgan fingerprint density at radius 2 is 1.78 bits per heavy atom. The highest BCUT2D eigenvalue weighted by atomic mass is 32.2. The first-order chi connectivity index (χ1) is 18.0. The number of carbonyl (C=O) groups is 2. The number of para-hydroxylation sites is 1. The third kappa shape index (κ3) is 6.29. The number of aliphatic imine (C=N–C) groups is 1. The summed E-state index contributed by atoms with van der Waals surface area (Å²) in [6.07, 6.45) is 1.51. The summed E-state index contributed by atoms with van der Waals surface area (Å²) < 4.78 is 11.1. The second-order valence-electron chi connectivity index (χ2n) is 8.16. The predicted molar refractivity (Wildman–Crippen MR) is 144 cm³/mol. The zero-order valence-corrected chi connectivity index (χ0v) is 21.2. The monoisotopic (exact) mass is 514 g/mol. The summed E-state index contributed by atoms with van der Waals surface area (Å²) in [5, 5.41) is 16.3. The zero-order chi connectivity index (χ0) is 26.2. The van der Waals surface area contributed by atoms with Crippen LogP contribution < -0.4 is 15.4 Å². The molecule has 0 radical (unpaired) electrons. The summed E-state index contributed by atoms with van der Waals surface area (Å²) in [5.41, 5.74) is 2.10. The highest BCUT2D eigenvalue weighted by Gasteiger charge is 2.40. The summed E-state index contributed by atoms with van der Waals surface area (Å²) >= 11 is 1.17. The van der Waals surface area contributed by atoms with E-state index in [-0.39, 0.29) is 17.6 Å². The lowest BCUT2D eigenvalue weighted by atomic mass is 9.81. The third-order valence-corrected chi connectivity index (χ3v) is 6.69. The number of nitrogens with zero attached hydrogens (tertiary/aromatic N) is 2. The van der Waals surface area contributed by atoms with Crippen LogP contribution in [0.25, 0.3) is 0 Å². The number of nitrogens with one attached hydrogen (secondary N) is 2. The van der Waals surface area contributed by atoms with Crippen LogP contribution in [0.2, 0.25) is 0 Å². The second-order valence-corrected chi connectivity index (χ2v) is 9.16. The number of benzene rings is 2. The number of allylic oxidation sites excluding steroid dienone is 1. The molecule has 37 heavy (non-hydrogen) atoms. The molecular weight excluding hydrogens is 488 g/mol. The number of furan rings is 1. The van der Waals surface area contributed by atoms with Crippen LogP contribution in [-0.4, -0.2) is 29.2 Å². The fourth-order valence-electron chi connectivity index (χ4n) is 4.02. The Balaban J connectivity index is 1.53. The molecular formula is C28H26N4O4S. The van der Waals surface area contributed by atoms with Crippen molar-refractivity contribution in [1.29, 1.82) is 5.26 Å². The molecule has 4 rings (SSSR count). The van der Waals surface area contributed by atoms with Crippen molar-refractivity contribution >= 4 is 40.0 Å². The van der Waals surface area contributed by atoms with E-state index >= 15 is 0 Å². The van der Waals surface area contributed by atoms with Gasteiger partial charge in [-0.25, -0.2) is 4.99 Å². The van der Waals surface area contributed by atoms with Gasteiger partial charge in [-0.15, -0.1) is 0 Å². The topological polar surface area (TPSA) is 117 Å². The van der Waals surface area contributed by atoms with E-state index in [2.05, 4.69) is 21.7 Å². The van der Waals surface area contributed by atoms with Crippen molar-refractivity contribution in [3.63, 3.8) is 0 Å². The summed E-state index contributed by atoms with van der Waals surface area (Å²) in [6.45, 7) is 4.19. The molecule has 2 amide bonds. The van der Waals surface area contributed by atoms with Gasteiger partial charge < -0.3 is 19.8 Å². The van der Waals surface area contributed by atoms with Gasteiger partial charge in [-0.2, -0.15) is 5.26 Å². The molecule has 1 aliphatic heterocycles. The van der Waals surface area contributed by atoms with Crippen LogP contribution in [0.15, 0.2) is 93.7 Å². The number of carbonyl (C=O) groups excluding carboxylic acids is 2. The molecule has 0 aliphatic carbocycles. The highest BCUT2D eigenvalue weighted by Crippen LogP contribution is 2.41. The molecule has 2 atom stereocenters. The molecule has 2 N–H and O–H groups in total. The van der Waals surface area contributed by atoms with E-state index in [0.717, 1.165) is 5.75 Å². The molecule has 2 heterocycles. The Labute approximate surface area is 219 Å². The van der Waals surface area contributed by atoms with Crippen LogP contribution in [0.1, 0.15) is 25.5 Å². The van der Waals surface area contributed by atoms with Crippen LogP contribution in [0.5, 0.6) is 5.75 Å². The average Bonchev–Trinajstić information content (AvgIpc) is 3.43. The zero-order valence-electron chi connectivity index (χ0n) is 20.4. The largest absolute Gasteiger partial charge is 0.494 e. The predicted octanol–water partition coefficient (Wildman–Crippen LogP) is 5.60. The molecule has 8 nitrogen and oxygen atoms in total. The SMILES string of the molecule is CCOc1ccc(NC(=O)CSC2=NC(C)=C(C(=O)Nc3ccccc3)[C@@H](c3ccco3)C2C#N)cc1. The average molecular weight is 515 g/mol.